The molecule has 2 heterocycles. The number of aliphatic carboxylic acids is 1. The van der Waals surface area contributed by atoms with Crippen LogP contribution in [-0.4, -0.2) is 39.9 Å². The van der Waals surface area contributed by atoms with Gasteiger partial charge >= 0.3 is 35.5 Å². The fourth-order valence-electron chi connectivity index (χ4n) is 4.02. The number of esters is 1. The van der Waals surface area contributed by atoms with Gasteiger partial charge in [0.05, 0.1) is 29.9 Å². The van der Waals surface area contributed by atoms with Crippen LogP contribution in [0.4, 0.5) is 0 Å². The molecule has 0 fully saturated rings. The molecule has 0 saturated heterocycles. The van der Waals surface area contributed by atoms with Crippen LogP contribution in [-0.2, 0) is 16.0 Å². The summed E-state index contributed by atoms with van der Waals surface area (Å²) >= 11 is 1.00. The number of allylic oxidation sites excluding steroid dienone is 1. The van der Waals surface area contributed by atoms with Crippen molar-refractivity contribution < 1.29 is 63.3 Å². The Morgan fingerprint density at radius 2 is 1.58 bits per heavy atom. The van der Waals surface area contributed by atoms with E-state index in [0.29, 0.717) is 33.7 Å². The number of ketones is 1. The third-order valence-electron chi connectivity index (χ3n) is 5.80. The predicted octanol–water partition coefficient (Wildman–Crippen LogP) is 0.230. The maximum Gasteiger partial charge on any atom is 1.00 e. The molecule has 0 N–H and O–H groups in total. The second-order valence-electron chi connectivity index (χ2n) is 8.10. The van der Waals surface area contributed by atoms with Crippen LogP contribution in [0.2, 0.25) is 0 Å². The topological polar surface area (TPSA) is 128 Å². The number of Topliss-reactive ketones (excluding diaryl/α,β-unsaturated/α-hetero) is 1. The summed E-state index contributed by atoms with van der Waals surface area (Å²) < 4.78 is 24.1. The zero-order valence-corrected chi connectivity index (χ0v) is 23.4. The average molecular weight is 539 g/mol. The van der Waals surface area contributed by atoms with E-state index in [9.17, 15) is 19.5 Å². The van der Waals surface area contributed by atoms with E-state index in [1.165, 1.54) is 6.07 Å². The zero-order valence-electron chi connectivity index (χ0n) is 20.6. The summed E-state index contributed by atoms with van der Waals surface area (Å²) in [6, 6.07) is 15.9. The van der Waals surface area contributed by atoms with Gasteiger partial charge < -0.3 is 24.1 Å². The van der Waals surface area contributed by atoms with Gasteiger partial charge in [0, 0.05) is 23.1 Å². The Kier molecular flexibility index (Phi) is 8.58. The summed E-state index contributed by atoms with van der Waals surface area (Å²) in [7, 11) is 0. The van der Waals surface area contributed by atoms with Gasteiger partial charge in [-0.1, -0.05) is 18.2 Å². The van der Waals surface area contributed by atoms with Crippen molar-refractivity contribution in [2.45, 2.75) is 13.3 Å². The van der Waals surface area contributed by atoms with Gasteiger partial charge in [0.1, 0.15) is 11.0 Å². The molecule has 4 aromatic rings. The van der Waals surface area contributed by atoms with Crippen LogP contribution in [0.1, 0.15) is 38.8 Å². The Balaban J connectivity index is 0.00000336. The first kappa shape index (κ1) is 27.5. The van der Waals surface area contributed by atoms with Crippen LogP contribution in [0.15, 0.2) is 66.2 Å². The molecule has 1 aliphatic heterocycles. The number of hydrogen-bond donors (Lipinski definition) is 0. The first-order valence-electron chi connectivity index (χ1n) is 11.3. The van der Waals surface area contributed by atoms with E-state index in [2.05, 4.69) is 8.75 Å². The van der Waals surface area contributed by atoms with Crippen molar-refractivity contribution in [3.63, 3.8) is 0 Å². The number of aromatic nitrogens is 2. The fourth-order valence-corrected chi connectivity index (χ4v) is 4.54. The van der Waals surface area contributed by atoms with E-state index in [-0.39, 0.29) is 71.7 Å². The summed E-state index contributed by atoms with van der Waals surface area (Å²) in [5, 5.41) is 12.5. The number of carboxylic acid groups (broad SMARTS) is 1. The Morgan fingerprint density at radius 3 is 2.32 bits per heavy atom. The number of carbonyl (C=O) groups excluding carboxylic acids is 3. The summed E-state index contributed by atoms with van der Waals surface area (Å²) in [5.74, 6) is -1.59. The van der Waals surface area contributed by atoms with Gasteiger partial charge in [0.15, 0.2) is 17.3 Å². The minimum Gasteiger partial charge on any atom is -0.545 e. The molecule has 11 heteroatoms. The van der Waals surface area contributed by atoms with Gasteiger partial charge in [-0.15, -0.1) is 0 Å². The maximum atomic E-state index is 13.8. The molecule has 0 unspecified atom stereocenters. The van der Waals surface area contributed by atoms with Gasteiger partial charge in [-0.3, -0.25) is 4.79 Å². The molecule has 186 valence electrons. The molecule has 0 radical (unpaired) electrons. The van der Waals surface area contributed by atoms with Crippen LogP contribution >= 0.6 is 11.7 Å². The Labute approximate surface area is 243 Å². The molecule has 0 saturated carbocycles. The molecule has 0 amide bonds. The van der Waals surface area contributed by atoms with Gasteiger partial charge in [-0.2, -0.15) is 8.75 Å². The summed E-state index contributed by atoms with van der Waals surface area (Å²) in [5.41, 5.74) is 2.34. The van der Waals surface area contributed by atoms with E-state index in [1.54, 1.807) is 61.5 Å². The number of nitrogens with zero attached hydrogens (tertiary/aromatic N) is 2. The van der Waals surface area contributed by atoms with Gasteiger partial charge in [-0.05, 0) is 60.5 Å². The smallest absolute Gasteiger partial charge is 0.545 e. The fraction of sp³-hybridized carbons (Fsp3) is 0.148. The maximum absolute atomic E-state index is 13.8. The average Bonchev–Trinajstić information content (AvgIpc) is 3.57. The van der Waals surface area contributed by atoms with Crippen molar-refractivity contribution in [3.05, 3.63) is 88.5 Å². The van der Waals surface area contributed by atoms with Crippen LogP contribution in [0.3, 0.4) is 0 Å². The van der Waals surface area contributed by atoms with Crippen LogP contribution in [0.5, 0.6) is 11.5 Å². The first-order valence-corrected chi connectivity index (χ1v) is 12.0. The normalized spacial score (nSPS) is 12.4. The van der Waals surface area contributed by atoms with Crippen molar-refractivity contribution in [3.8, 4) is 11.5 Å². The SMILES string of the molecule is CCOC(=O)c1ccc(CC(C(=O)c2ccc3c(c2)OCO3)=C(C(=O)[O-])c2ccc3nsnc3c2)cc1.[Na+]. The molecule has 1 aromatic heterocycles. The number of rotatable bonds is 8. The van der Waals surface area contributed by atoms with Crippen molar-refractivity contribution in [1.29, 1.82) is 0 Å². The first-order chi connectivity index (χ1) is 17.9. The van der Waals surface area contributed by atoms with Crippen LogP contribution < -0.4 is 44.1 Å². The Hall–Kier alpha value is -3.57. The van der Waals surface area contributed by atoms with Gasteiger partial charge in [-0.25, -0.2) is 4.79 Å². The number of benzene rings is 3. The van der Waals surface area contributed by atoms with E-state index < -0.39 is 17.7 Å². The molecule has 9 nitrogen and oxygen atoms in total. The van der Waals surface area contributed by atoms with E-state index >= 15 is 0 Å². The van der Waals surface area contributed by atoms with Crippen molar-refractivity contribution in [2.24, 2.45) is 0 Å². The zero-order chi connectivity index (χ0) is 25.9. The van der Waals surface area contributed by atoms with E-state index in [0.717, 1.165) is 11.7 Å². The molecular weight excluding hydrogens is 519 g/mol. The molecule has 0 bridgehead atoms. The van der Waals surface area contributed by atoms with Crippen LogP contribution in [0, 0.1) is 0 Å². The molecule has 0 aliphatic carbocycles. The molecular formula is C27H19N2NaO7S. The second kappa shape index (κ2) is 11.9. The summed E-state index contributed by atoms with van der Waals surface area (Å²) in [4.78, 5) is 38.3. The molecule has 1 aliphatic rings. The minimum absolute atomic E-state index is 0. The largest absolute Gasteiger partial charge is 1.00 e. The van der Waals surface area contributed by atoms with Crippen molar-refractivity contribution >= 4 is 46.1 Å². The monoisotopic (exact) mass is 538 g/mol. The Morgan fingerprint density at radius 1 is 0.895 bits per heavy atom. The molecule has 0 spiro atoms. The number of carboxylic acids is 1. The summed E-state index contributed by atoms with van der Waals surface area (Å²) in [6.07, 6.45) is -0.0347. The van der Waals surface area contributed by atoms with Crippen molar-refractivity contribution in [2.75, 3.05) is 13.4 Å². The van der Waals surface area contributed by atoms with Gasteiger partial charge in [0.2, 0.25) is 6.79 Å². The predicted molar refractivity (Wildman–Crippen MR) is 132 cm³/mol. The molecule has 3 aromatic carbocycles. The second-order valence-corrected chi connectivity index (χ2v) is 8.63. The molecule has 0 atom stereocenters. The van der Waals surface area contributed by atoms with Crippen LogP contribution in [0.25, 0.3) is 16.6 Å². The van der Waals surface area contributed by atoms with Crippen molar-refractivity contribution in [1.82, 2.24) is 8.75 Å². The van der Waals surface area contributed by atoms with Gasteiger partial charge in [0.25, 0.3) is 0 Å². The standard InChI is InChI=1S/C27H20N2O7S.Na/c1-2-34-27(33)16-5-3-15(4-6-16)11-19(25(30)18-8-10-22-23(13-18)36-14-35-22)24(26(31)32)17-7-9-20-21(12-17)29-37-28-20;/h3-10,12-13H,2,11,14H2,1H3,(H,31,32);/q;+1/p-1. The van der Waals surface area contributed by atoms with E-state index in [1.807, 2.05) is 0 Å². The number of fused-ring (bicyclic) bond motifs is 2. The minimum atomic E-state index is -1.50. The number of ether oxygens (including phenoxy) is 3. The molecule has 5 rings (SSSR count). The quantitative estimate of drug-likeness (QED) is 0.134. The molecule has 38 heavy (non-hydrogen) atoms. The Bertz CT molecular complexity index is 1560. The summed E-state index contributed by atoms with van der Waals surface area (Å²) in [6.45, 7) is 1.99. The third-order valence-corrected chi connectivity index (χ3v) is 6.36. The number of carbonyl (C=O) groups is 3. The third kappa shape index (κ3) is 5.63. The number of hydrogen-bond acceptors (Lipinski definition) is 10. The van der Waals surface area contributed by atoms with E-state index in [4.69, 9.17) is 14.2 Å².